The maximum Gasteiger partial charge on any atom is 0.243 e. The lowest BCUT2D eigenvalue weighted by molar-refractivity contribution is -0.121. The van der Waals surface area contributed by atoms with Gasteiger partial charge < -0.3 is 14.8 Å². The molecule has 0 spiro atoms. The van der Waals surface area contributed by atoms with Crippen molar-refractivity contribution in [3.8, 4) is 11.5 Å². The van der Waals surface area contributed by atoms with Crippen molar-refractivity contribution in [2.45, 2.75) is 39.7 Å². The molecule has 0 unspecified atom stereocenters. The van der Waals surface area contributed by atoms with Gasteiger partial charge in [-0.2, -0.15) is 0 Å². The van der Waals surface area contributed by atoms with Crippen LogP contribution in [-0.4, -0.2) is 46.4 Å². The lowest BCUT2D eigenvalue weighted by atomic mass is 10.0. The Morgan fingerprint density at radius 2 is 1.68 bits per heavy atom. The van der Waals surface area contributed by atoms with E-state index in [0.29, 0.717) is 24.0 Å². The predicted octanol–water partition coefficient (Wildman–Crippen LogP) is 3.56. The normalized spacial score (nSPS) is 12.3. The van der Waals surface area contributed by atoms with Gasteiger partial charge in [0.1, 0.15) is 24.1 Å². The second-order valence-corrected chi connectivity index (χ2v) is 9.35. The number of sulfonamides is 1. The number of nitrogens with zero attached hydrogens (tertiary/aromatic N) is 1. The number of anilines is 1. The van der Waals surface area contributed by atoms with Crippen molar-refractivity contribution >= 4 is 21.6 Å². The highest BCUT2D eigenvalue weighted by Gasteiger charge is 2.29. The Morgan fingerprint density at radius 3 is 2.26 bits per heavy atom. The maximum atomic E-state index is 12.7. The van der Waals surface area contributed by atoms with E-state index in [0.717, 1.165) is 21.9 Å². The molecule has 0 radical (unpaired) electrons. The monoisotopic (exact) mass is 448 g/mol. The molecule has 0 fully saturated rings. The van der Waals surface area contributed by atoms with Crippen molar-refractivity contribution in [2.24, 2.45) is 0 Å². The number of amides is 1. The molecule has 0 aromatic heterocycles. The number of hydrogen-bond donors (Lipinski definition) is 1. The number of para-hydroxylation sites is 1. The SMILES string of the molecule is CCOc1ccc(N([C@@H](C)C(=O)NCCOc2ccccc2C(C)C)S(C)(=O)=O)cc1. The van der Waals surface area contributed by atoms with Crippen molar-refractivity contribution < 1.29 is 22.7 Å². The van der Waals surface area contributed by atoms with Crippen LogP contribution < -0.4 is 19.1 Å². The number of carbonyl (C=O) groups excluding carboxylic acids is 1. The molecular weight excluding hydrogens is 416 g/mol. The van der Waals surface area contributed by atoms with E-state index in [1.807, 2.05) is 31.2 Å². The zero-order chi connectivity index (χ0) is 23.0. The Bertz CT molecular complexity index is 958. The van der Waals surface area contributed by atoms with Crippen LogP contribution in [0.15, 0.2) is 48.5 Å². The Morgan fingerprint density at radius 1 is 1.03 bits per heavy atom. The largest absolute Gasteiger partial charge is 0.494 e. The molecule has 2 rings (SSSR count). The molecule has 0 heterocycles. The topological polar surface area (TPSA) is 84.9 Å². The van der Waals surface area contributed by atoms with Crippen LogP contribution in [0.1, 0.15) is 39.2 Å². The molecule has 1 amide bonds. The van der Waals surface area contributed by atoms with E-state index < -0.39 is 22.0 Å². The minimum Gasteiger partial charge on any atom is -0.494 e. The van der Waals surface area contributed by atoms with Crippen LogP contribution in [0.5, 0.6) is 11.5 Å². The number of ether oxygens (including phenoxy) is 2. The molecule has 8 heteroatoms. The third-order valence-corrected chi connectivity index (χ3v) is 5.93. The van der Waals surface area contributed by atoms with Crippen molar-refractivity contribution in [3.63, 3.8) is 0 Å². The Balaban J connectivity index is 2.00. The molecule has 0 aliphatic carbocycles. The van der Waals surface area contributed by atoms with Crippen LogP contribution in [0.25, 0.3) is 0 Å². The zero-order valence-corrected chi connectivity index (χ0v) is 19.6. The van der Waals surface area contributed by atoms with Gasteiger partial charge in [0.2, 0.25) is 15.9 Å². The van der Waals surface area contributed by atoms with Crippen molar-refractivity contribution in [3.05, 3.63) is 54.1 Å². The number of nitrogens with one attached hydrogen (secondary N) is 1. The van der Waals surface area contributed by atoms with Crippen LogP contribution in [-0.2, 0) is 14.8 Å². The number of benzene rings is 2. The highest BCUT2D eigenvalue weighted by Crippen LogP contribution is 2.26. The summed E-state index contributed by atoms with van der Waals surface area (Å²) in [7, 11) is -3.68. The zero-order valence-electron chi connectivity index (χ0n) is 18.8. The van der Waals surface area contributed by atoms with Crippen molar-refractivity contribution in [2.75, 3.05) is 30.3 Å². The summed E-state index contributed by atoms with van der Waals surface area (Å²) in [4.78, 5) is 12.7. The van der Waals surface area contributed by atoms with Gasteiger partial charge in [-0.3, -0.25) is 9.10 Å². The Labute approximate surface area is 185 Å². The summed E-state index contributed by atoms with van der Waals surface area (Å²) in [6.07, 6.45) is 1.08. The van der Waals surface area contributed by atoms with Gasteiger partial charge in [0.25, 0.3) is 0 Å². The molecular formula is C23H32N2O5S. The summed E-state index contributed by atoms with van der Waals surface area (Å²) in [6.45, 7) is 8.66. The average Bonchev–Trinajstić information content (AvgIpc) is 2.71. The number of rotatable bonds is 11. The highest BCUT2D eigenvalue weighted by atomic mass is 32.2. The van der Waals surface area contributed by atoms with Gasteiger partial charge in [-0.1, -0.05) is 32.0 Å². The summed E-state index contributed by atoms with van der Waals surface area (Å²) in [5.41, 5.74) is 1.50. The van der Waals surface area contributed by atoms with Crippen LogP contribution >= 0.6 is 0 Å². The summed E-state index contributed by atoms with van der Waals surface area (Å²) < 4.78 is 37.1. The minimum absolute atomic E-state index is 0.260. The highest BCUT2D eigenvalue weighted by molar-refractivity contribution is 7.92. The first-order chi connectivity index (χ1) is 14.6. The quantitative estimate of drug-likeness (QED) is 0.532. The molecule has 0 bridgehead atoms. The summed E-state index contributed by atoms with van der Waals surface area (Å²) in [5.74, 6) is 1.34. The lowest BCUT2D eigenvalue weighted by Gasteiger charge is -2.28. The standard InChI is InChI=1S/C23H32N2O5S/c1-6-29-20-13-11-19(12-14-20)25(31(5,27)28)18(4)23(26)24-15-16-30-22-10-8-7-9-21(22)17(2)3/h7-14,17-18H,6,15-16H2,1-5H3,(H,24,26)/t18-/m0/s1. The van der Waals surface area contributed by atoms with E-state index in [4.69, 9.17) is 9.47 Å². The molecule has 2 aromatic carbocycles. The van der Waals surface area contributed by atoms with Gasteiger partial charge in [0, 0.05) is 0 Å². The van der Waals surface area contributed by atoms with Crippen molar-refractivity contribution in [1.29, 1.82) is 0 Å². The third kappa shape index (κ3) is 6.89. The van der Waals surface area contributed by atoms with E-state index in [-0.39, 0.29) is 13.2 Å². The van der Waals surface area contributed by atoms with Crippen LogP contribution in [0, 0.1) is 0 Å². The molecule has 0 saturated carbocycles. The first-order valence-electron chi connectivity index (χ1n) is 10.4. The van der Waals surface area contributed by atoms with E-state index >= 15 is 0 Å². The molecule has 2 aromatic rings. The molecule has 0 aliphatic heterocycles. The first-order valence-corrected chi connectivity index (χ1v) is 12.2. The Kier molecular flexibility index (Phi) is 8.74. The van der Waals surface area contributed by atoms with Crippen LogP contribution in [0.4, 0.5) is 5.69 Å². The Hall–Kier alpha value is -2.74. The van der Waals surface area contributed by atoms with Gasteiger partial charge in [-0.25, -0.2) is 8.42 Å². The van der Waals surface area contributed by atoms with Gasteiger partial charge >= 0.3 is 0 Å². The van der Waals surface area contributed by atoms with Crippen LogP contribution in [0.2, 0.25) is 0 Å². The minimum atomic E-state index is -3.68. The van der Waals surface area contributed by atoms with Crippen LogP contribution in [0.3, 0.4) is 0 Å². The molecule has 31 heavy (non-hydrogen) atoms. The second kappa shape index (κ2) is 11.0. The van der Waals surface area contributed by atoms with E-state index in [9.17, 15) is 13.2 Å². The first kappa shape index (κ1) is 24.5. The number of carbonyl (C=O) groups is 1. The summed E-state index contributed by atoms with van der Waals surface area (Å²) >= 11 is 0. The van der Waals surface area contributed by atoms with Gasteiger partial charge in [-0.05, 0) is 55.7 Å². The third-order valence-electron chi connectivity index (χ3n) is 4.69. The van der Waals surface area contributed by atoms with Gasteiger partial charge in [0.05, 0.1) is 25.1 Å². The predicted molar refractivity (Wildman–Crippen MR) is 123 cm³/mol. The molecule has 170 valence electrons. The lowest BCUT2D eigenvalue weighted by Crippen LogP contribution is -2.48. The maximum absolute atomic E-state index is 12.7. The molecule has 7 nitrogen and oxygen atoms in total. The molecule has 0 saturated heterocycles. The average molecular weight is 449 g/mol. The van der Waals surface area contributed by atoms with E-state index in [1.165, 1.54) is 0 Å². The van der Waals surface area contributed by atoms with Gasteiger partial charge in [0.15, 0.2) is 0 Å². The van der Waals surface area contributed by atoms with Crippen molar-refractivity contribution in [1.82, 2.24) is 5.32 Å². The molecule has 1 N–H and O–H groups in total. The smallest absolute Gasteiger partial charge is 0.243 e. The van der Waals surface area contributed by atoms with E-state index in [1.54, 1.807) is 31.2 Å². The summed E-state index contributed by atoms with van der Waals surface area (Å²) in [6, 6.07) is 13.5. The molecule has 0 aliphatic rings. The van der Waals surface area contributed by atoms with Gasteiger partial charge in [-0.15, -0.1) is 0 Å². The number of hydrogen-bond acceptors (Lipinski definition) is 5. The fourth-order valence-electron chi connectivity index (χ4n) is 3.24. The summed E-state index contributed by atoms with van der Waals surface area (Å²) in [5, 5.41) is 2.76. The van der Waals surface area contributed by atoms with E-state index in [2.05, 4.69) is 19.2 Å². The fourth-order valence-corrected chi connectivity index (χ4v) is 4.41. The molecule has 1 atom stereocenters. The second-order valence-electron chi connectivity index (χ2n) is 7.49. The fraction of sp³-hybridized carbons (Fsp3) is 0.435.